The SMILES string of the molecule is CCCn1cc(N)c(=O)n(Cc2ccc(F)cc2F)c1=O. The minimum Gasteiger partial charge on any atom is -0.393 e. The minimum atomic E-state index is -0.814. The first kappa shape index (κ1) is 15.0. The molecule has 0 saturated heterocycles. The third kappa shape index (κ3) is 3.01. The molecule has 1 heterocycles. The summed E-state index contributed by atoms with van der Waals surface area (Å²) in [6, 6.07) is 2.97. The fourth-order valence-corrected chi connectivity index (χ4v) is 2.04. The Morgan fingerprint density at radius 1 is 1.24 bits per heavy atom. The zero-order valence-electron chi connectivity index (χ0n) is 11.5. The smallest absolute Gasteiger partial charge is 0.331 e. The van der Waals surface area contributed by atoms with Gasteiger partial charge in [-0.3, -0.25) is 13.9 Å². The molecule has 0 radical (unpaired) electrons. The van der Waals surface area contributed by atoms with Crippen LogP contribution in [0.15, 0.2) is 34.0 Å². The molecule has 2 aromatic rings. The number of nitrogens with two attached hydrogens (primary N) is 1. The molecule has 1 aromatic heterocycles. The second kappa shape index (κ2) is 5.90. The van der Waals surface area contributed by atoms with E-state index in [2.05, 4.69) is 0 Å². The Labute approximate surface area is 119 Å². The van der Waals surface area contributed by atoms with Crippen LogP contribution in [0.2, 0.25) is 0 Å². The van der Waals surface area contributed by atoms with Crippen LogP contribution in [0.1, 0.15) is 18.9 Å². The van der Waals surface area contributed by atoms with Gasteiger partial charge in [-0.05, 0) is 12.5 Å². The molecule has 1 aromatic carbocycles. The van der Waals surface area contributed by atoms with E-state index in [9.17, 15) is 18.4 Å². The highest BCUT2D eigenvalue weighted by atomic mass is 19.1. The number of halogens is 2. The molecule has 0 aliphatic rings. The standard InChI is InChI=1S/C14H15F2N3O2/c1-2-5-18-8-12(17)13(20)19(14(18)21)7-9-3-4-10(15)6-11(9)16/h3-4,6,8H,2,5,7,17H2,1H3. The number of benzene rings is 1. The molecule has 7 heteroatoms. The van der Waals surface area contributed by atoms with Crippen molar-refractivity contribution in [2.75, 3.05) is 5.73 Å². The number of nitrogen functional groups attached to an aromatic ring is 1. The highest BCUT2D eigenvalue weighted by Crippen LogP contribution is 2.10. The van der Waals surface area contributed by atoms with Crippen LogP contribution in [-0.2, 0) is 13.1 Å². The molecule has 2 rings (SSSR count). The van der Waals surface area contributed by atoms with Crippen molar-refractivity contribution in [2.45, 2.75) is 26.4 Å². The van der Waals surface area contributed by atoms with Crippen molar-refractivity contribution in [3.8, 4) is 0 Å². The summed E-state index contributed by atoms with van der Waals surface area (Å²) in [7, 11) is 0. The van der Waals surface area contributed by atoms with Gasteiger partial charge in [-0.2, -0.15) is 0 Å². The zero-order valence-corrected chi connectivity index (χ0v) is 11.5. The number of nitrogens with zero attached hydrogens (tertiary/aromatic N) is 2. The Hall–Kier alpha value is -2.44. The van der Waals surface area contributed by atoms with Gasteiger partial charge in [0.15, 0.2) is 0 Å². The summed E-state index contributed by atoms with van der Waals surface area (Å²) >= 11 is 0. The average Bonchev–Trinajstić information content (AvgIpc) is 2.43. The van der Waals surface area contributed by atoms with Crippen molar-refractivity contribution in [2.24, 2.45) is 0 Å². The molecule has 0 aliphatic heterocycles. The molecule has 0 spiro atoms. The van der Waals surface area contributed by atoms with Gasteiger partial charge in [-0.25, -0.2) is 13.6 Å². The first-order valence-electron chi connectivity index (χ1n) is 6.47. The summed E-state index contributed by atoms with van der Waals surface area (Å²) in [6.45, 7) is 1.98. The van der Waals surface area contributed by atoms with E-state index in [4.69, 9.17) is 5.73 Å². The Morgan fingerprint density at radius 3 is 2.57 bits per heavy atom. The van der Waals surface area contributed by atoms with Crippen molar-refractivity contribution in [1.82, 2.24) is 9.13 Å². The molecule has 0 aliphatic carbocycles. The van der Waals surface area contributed by atoms with Crippen LogP contribution in [0.4, 0.5) is 14.5 Å². The third-order valence-electron chi connectivity index (χ3n) is 3.07. The van der Waals surface area contributed by atoms with Crippen LogP contribution < -0.4 is 17.0 Å². The maximum atomic E-state index is 13.7. The second-order valence-corrected chi connectivity index (χ2v) is 4.69. The lowest BCUT2D eigenvalue weighted by Crippen LogP contribution is -2.41. The van der Waals surface area contributed by atoms with Gasteiger partial charge in [-0.15, -0.1) is 0 Å². The van der Waals surface area contributed by atoms with Crippen LogP contribution in [0.5, 0.6) is 0 Å². The van der Waals surface area contributed by atoms with Gasteiger partial charge < -0.3 is 5.73 Å². The molecule has 0 atom stereocenters. The molecular formula is C14H15F2N3O2. The Balaban J connectivity index is 2.53. The van der Waals surface area contributed by atoms with Crippen LogP contribution in [-0.4, -0.2) is 9.13 Å². The highest BCUT2D eigenvalue weighted by Gasteiger charge is 2.12. The number of aromatic nitrogens is 2. The van der Waals surface area contributed by atoms with E-state index in [1.165, 1.54) is 16.8 Å². The van der Waals surface area contributed by atoms with Crippen molar-refractivity contribution in [3.63, 3.8) is 0 Å². The molecule has 0 saturated carbocycles. The first-order chi connectivity index (χ1) is 9.93. The predicted molar refractivity (Wildman–Crippen MR) is 75.1 cm³/mol. The quantitative estimate of drug-likeness (QED) is 0.925. The fraction of sp³-hybridized carbons (Fsp3) is 0.286. The molecule has 0 unspecified atom stereocenters. The normalized spacial score (nSPS) is 10.8. The molecule has 0 amide bonds. The summed E-state index contributed by atoms with van der Waals surface area (Å²) < 4.78 is 28.7. The third-order valence-corrected chi connectivity index (χ3v) is 3.07. The van der Waals surface area contributed by atoms with Gasteiger partial charge in [0.05, 0.1) is 6.54 Å². The molecule has 112 valence electrons. The second-order valence-electron chi connectivity index (χ2n) is 4.69. The van der Waals surface area contributed by atoms with Gasteiger partial charge in [0, 0.05) is 24.4 Å². The van der Waals surface area contributed by atoms with E-state index in [-0.39, 0.29) is 17.8 Å². The largest absolute Gasteiger partial charge is 0.393 e. The van der Waals surface area contributed by atoms with Gasteiger partial charge in [-0.1, -0.05) is 13.0 Å². The van der Waals surface area contributed by atoms with E-state index in [0.717, 1.165) is 10.6 Å². The number of rotatable bonds is 4. The monoisotopic (exact) mass is 295 g/mol. The molecule has 0 fully saturated rings. The summed E-state index contributed by atoms with van der Waals surface area (Å²) in [5.74, 6) is -1.54. The number of hydrogen-bond donors (Lipinski definition) is 1. The highest BCUT2D eigenvalue weighted by molar-refractivity contribution is 5.31. The summed E-state index contributed by atoms with van der Waals surface area (Å²) in [6.07, 6.45) is 1.97. The van der Waals surface area contributed by atoms with Gasteiger partial charge >= 0.3 is 5.69 Å². The molecule has 5 nitrogen and oxygen atoms in total. The zero-order chi connectivity index (χ0) is 15.6. The van der Waals surface area contributed by atoms with Gasteiger partial charge in [0.25, 0.3) is 5.56 Å². The average molecular weight is 295 g/mol. The Kier molecular flexibility index (Phi) is 4.21. The first-order valence-corrected chi connectivity index (χ1v) is 6.47. The van der Waals surface area contributed by atoms with Crippen molar-refractivity contribution < 1.29 is 8.78 Å². The van der Waals surface area contributed by atoms with Crippen LogP contribution in [0.3, 0.4) is 0 Å². The van der Waals surface area contributed by atoms with E-state index in [1.54, 1.807) is 0 Å². The Bertz CT molecular complexity index is 781. The van der Waals surface area contributed by atoms with Crippen molar-refractivity contribution in [1.29, 1.82) is 0 Å². The molecule has 2 N–H and O–H groups in total. The summed E-state index contributed by atoms with van der Waals surface area (Å²) in [5.41, 5.74) is 4.29. The van der Waals surface area contributed by atoms with E-state index >= 15 is 0 Å². The van der Waals surface area contributed by atoms with E-state index in [0.29, 0.717) is 19.0 Å². The summed E-state index contributed by atoms with van der Waals surface area (Å²) in [5, 5.41) is 0. The number of anilines is 1. The van der Waals surface area contributed by atoms with Crippen molar-refractivity contribution >= 4 is 5.69 Å². The van der Waals surface area contributed by atoms with Crippen LogP contribution in [0.25, 0.3) is 0 Å². The fourth-order valence-electron chi connectivity index (χ4n) is 2.04. The van der Waals surface area contributed by atoms with Gasteiger partial charge in [0.1, 0.15) is 17.3 Å². The summed E-state index contributed by atoms with van der Waals surface area (Å²) in [4.78, 5) is 24.1. The lowest BCUT2D eigenvalue weighted by molar-refractivity contribution is 0.543. The maximum absolute atomic E-state index is 13.7. The van der Waals surface area contributed by atoms with Crippen molar-refractivity contribution in [3.05, 3.63) is 62.4 Å². The lowest BCUT2D eigenvalue weighted by Gasteiger charge is -2.11. The van der Waals surface area contributed by atoms with E-state index < -0.39 is 22.9 Å². The molecular weight excluding hydrogens is 280 g/mol. The van der Waals surface area contributed by atoms with E-state index in [1.807, 2.05) is 6.92 Å². The number of hydrogen-bond acceptors (Lipinski definition) is 3. The topological polar surface area (TPSA) is 70.0 Å². The number of aryl methyl sites for hydroxylation is 1. The Morgan fingerprint density at radius 2 is 1.95 bits per heavy atom. The van der Waals surface area contributed by atoms with Crippen LogP contribution in [0, 0.1) is 11.6 Å². The molecule has 21 heavy (non-hydrogen) atoms. The van der Waals surface area contributed by atoms with Crippen LogP contribution >= 0.6 is 0 Å². The maximum Gasteiger partial charge on any atom is 0.331 e. The predicted octanol–water partition coefficient (Wildman–Crippen LogP) is 1.33. The molecule has 0 bridgehead atoms. The minimum absolute atomic E-state index is 0.0456. The lowest BCUT2D eigenvalue weighted by atomic mass is 10.2. The van der Waals surface area contributed by atoms with Gasteiger partial charge in [0.2, 0.25) is 0 Å².